The van der Waals surface area contributed by atoms with Crippen molar-refractivity contribution in [2.24, 2.45) is 0 Å². The number of quaternary nitrogens is 1. The van der Waals surface area contributed by atoms with Gasteiger partial charge in [-0.2, -0.15) is 0 Å². The number of nitrogens with two attached hydrogens (primary N) is 1. The van der Waals surface area contributed by atoms with Gasteiger partial charge < -0.3 is 15.1 Å². The molecule has 1 amide bonds. The summed E-state index contributed by atoms with van der Waals surface area (Å²) in [6.45, 7) is 0.814. The number of rotatable bonds is 5. The van der Waals surface area contributed by atoms with Crippen LogP contribution in [0.1, 0.15) is 5.89 Å². The standard InChI is InChI=1S/C12H13BrN4O2/c1-14-10(18)6-15-7-11-16-17-12(19-11)8-4-2-3-5-9(8)13/h2-5,15H,6-7H2,1H3,(H,14,18)/p+1. The SMILES string of the molecule is CNC(=O)C[NH2+]Cc1nnc(-c2ccccc2Br)o1. The van der Waals surface area contributed by atoms with Gasteiger partial charge in [0.2, 0.25) is 5.89 Å². The van der Waals surface area contributed by atoms with Gasteiger partial charge in [-0.15, -0.1) is 10.2 Å². The second-order valence-corrected chi connectivity index (χ2v) is 4.71. The number of carbonyl (C=O) groups excluding carboxylic acids is 1. The van der Waals surface area contributed by atoms with Crippen molar-refractivity contribution in [3.05, 3.63) is 34.6 Å². The molecule has 0 fully saturated rings. The molecular weight excluding hydrogens is 312 g/mol. The number of hydrogen-bond acceptors (Lipinski definition) is 4. The lowest BCUT2D eigenvalue weighted by molar-refractivity contribution is -0.662. The molecule has 1 heterocycles. The van der Waals surface area contributed by atoms with Gasteiger partial charge in [-0.3, -0.25) is 4.79 Å². The minimum atomic E-state index is -0.0365. The molecule has 19 heavy (non-hydrogen) atoms. The monoisotopic (exact) mass is 325 g/mol. The summed E-state index contributed by atoms with van der Waals surface area (Å²) >= 11 is 3.43. The molecule has 6 nitrogen and oxygen atoms in total. The summed E-state index contributed by atoms with van der Waals surface area (Å²) in [5.74, 6) is 0.927. The first-order valence-electron chi connectivity index (χ1n) is 5.80. The fourth-order valence-electron chi connectivity index (χ4n) is 1.51. The minimum absolute atomic E-state index is 0.0365. The van der Waals surface area contributed by atoms with Crippen LogP contribution in [0.5, 0.6) is 0 Å². The van der Waals surface area contributed by atoms with E-state index in [-0.39, 0.29) is 5.91 Å². The summed E-state index contributed by atoms with van der Waals surface area (Å²) in [5, 5.41) is 12.3. The highest BCUT2D eigenvalue weighted by Crippen LogP contribution is 2.26. The second kappa shape index (κ2) is 6.44. The van der Waals surface area contributed by atoms with Crippen LogP contribution in [-0.2, 0) is 11.3 Å². The average Bonchev–Trinajstić information content (AvgIpc) is 2.87. The first-order chi connectivity index (χ1) is 9.20. The fourth-order valence-corrected chi connectivity index (χ4v) is 1.96. The van der Waals surface area contributed by atoms with Crippen LogP contribution in [0.3, 0.4) is 0 Å². The number of hydrogen-bond donors (Lipinski definition) is 2. The molecule has 0 aliphatic rings. The van der Waals surface area contributed by atoms with Crippen molar-refractivity contribution in [3.63, 3.8) is 0 Å². The topological polar surface area (TPSA) is 84.6 Å². The van der Waals surface area contributed by atoms with E-state index in [1.165, 1.54) is 0 Å². The maximum Gasteiger partial charge on any atom is 0.274 e. The third-order valence-corrected chi connectivity index (χ3v) is 3.19. The van der Waals surface area contributed by atoms with E-state index in [1.807, 2.05) is 24.3 Å². The predicted molar refractivity (Wildman–Crippen MR) is 72.0 cm³/mol. The molecule has 1 aromatic carbocycles. The van der Waals surface area contributed by atoms with Crippen molar-refractivity contribution in [1.29, 1.82) is 0 Å². The molecule has 100 valence electrons. The van der Waals surface area contributed by atoms with Gasteiger partial charge in [-0.05, 0) is 28.1 Å². The van der Waals surface area contributed by atoms with E-state index < -0.39 is 0 Å². The van der Waals surface area contributed by atoms with Gasteiger partial charge in [0.25, 0.3) is 11.8 Å². The Balaban J connectivity index is 2.00. The molecule has 0 unspecified atom stereocenters. The van der Waals surface area contributed by atoms with Crippen LogP contribution >= 0.6 is 15.9 Å². The van der Waals surface area contributed by atoms with E-state index in [0.717, 1.165) is 10.0 Å². The van der Waals surface area contributed by atoms with Crippen molar-refractivity contribution in [3.8, 4) is 11.5 Å². The number of amides is 1. The van der Waals surface area contributed by atoms with Crippen LogP contribution in [0.2, 0.25) is 0 Å². The number of benzene rings is 1. The number of likely N-dealkylation sites (N-methyl/N-ethyl adjacent to an activating group) is 1. The summed E-state index contributed by atoms with van der Waals surface area (Å²) in [6.07, 6.45) is 0. The zero-order valence-corrected chi connectivity index (χ0v) is 12.0. The van der Waals surface area contributed by atoms with E-state index in [0.29, 0.717) is 24.9 Å². The Morgan fingerprint density at radius 3 is 2.95 bits per heavy atom. The summed E-state index contributed by atoms with van der Waals surface area (Å²) < 4.78 is 6.45. The van der Waals surface area contributed by atoms with Gasteiger partial charge in [0.1, 0.15) is 0 Å². The van der Waals surface area contributed by atoms with Crippen LogP contribution in [0.15, 0.2) is 33.2 Å². The molecular formula is C12H14BrN4O2+. The van der Waals surface area contributed by atoms with Gasteiger partial charge in [-0.25, -0.2) is 0 Å². The Morgan fingerprint density at radius 1 is 1.42 bits per heavy atom. The zero-order chi connectivity index (χ0) is 13.7. The number of nitrogens with zero attached hydrogens (tertiary/aromatic N) is 2. The summed E-state index contributed by atoms with van der Waals surface area (Å²) in [5.41, 5.74) is 0.854. The average molecular weight is 326 g/mol. The zero-order valence-electron chi connectivity index (χ0n) is 10.4. The number of carbonyl (C=O) groups is 1. The molecule has 3 N–H and O–H groups in total. The smallest absolute Gasteiger partial charge is 0.274 e. The van der Waals surface area contributed by atoms with Gasteiger partial charge in [0.05, 0.1) is 5.56 Å². The molecule has 0 spiro atoms. The van der Waals surface area contributed by atoms with Crippen molar-refractivity contribution in [2.75, 3.05) is 13.6 Å². The van der Waals surface area contributed by atoms with Crippen molar-refractivity contribution < 1.29 is 14.5 Å². The highest BCUT2D eigenvalue weighted by atomic mass is 79.9. The van der Waals surface area contributed by atoms with E-state index in [9.17, 15) is 4.79 Å². The molecule has 0 radical (unpaired) electrons. The predicted octanol–water partition coefficient (Wildman–Crippen LogP) is 0.309. The Labute approximate surface area is 118 Å². The third kappa shape index (κ3) is 3.62. The Kier molecular flexibility index (Phi) is 4.64. The lowest BCUT2D eigenvalue weighted by Crippen LogP contribution is -2.85. The van der Waals surface area contributed by atoms with E-state index in [4.69, 9.17) is 4.42 Å². The van der Waals surface area contributed by atoms with Crippen LogP contribution in [0.4, 0.5) is 0 Å². The van der Waals surface area contributed by atoms with E-state index >= 15 is 0 Å². The molecule has 0 aliphatic carbocycles. The fraction of sp³-hybridized carbons (Fsp3) is 0.250. The molecule has 0 saturated carbocycles. The van der Waals surface area contributed by atoms with Crippen LogP contribution in [0.25, 0.3) is 11.5 Å². The summed E-state index contributed by atoms with van der Waals surface area (Å²) in [4.78, 5) is 11.1. The Morgan fingerprint density at radius 2 is 2.21 bits per heavy atom. The van der Waals surface area contributed by atoms with Gasteiger partial charge >= 0.3 is 0 Å². The largest absolute Gasteiger partial charge is 0.415 e. The normalized spacial score (nSPS) is 10.4. The first kappa shape index (κ1) is 13.7. The van der Waals surface area contributed by atoms with E-state index in [2.05, 4.69) is 31.4 Å². The van der Waals surface area contributed by atoms with Gasteiger partial charge in [0.15, 0.2) is 13.1 Å². The number of nitrogens with one attached hydrogen (secondary N) is 1. The first-order valence-corrected chi connectivity index (χ1v) is 6.59. The molecule has 0 saturated heterocycles. The Bertz CT molecular complexity index is 570. The lowest BCUT2D eigenvalue weighted by atomic mass is 10.2. The quantitative estimate of drug-likeness (QED) is 0.828. The molecule has 2 aromatic rings. The van der Waals surface area contributed by atoms with Crippen molar-refractivity contribution in [1.82, 2.24) is 15.5 Å². The summed E-state index contributed by atoms with van der Waals surface area (Å²) in [7, 11) is 1.61. The number of halogens is 1. The van der Waals surface area contributed by atoms with Crippen LogP contribution in [0, 0.1) is 0 Å². The maximum atomic E-state index is 11.1. The lowest BCUT2D eigenvalue weighted by Gasteiger charge is -1.98. The molecule has 2 rings (SSSR count). The highest BCUT2D eigenvalue weighted by Gasteiger charge is 2.12. The highest BCUT2D eigenvalue weighted by molar-refractivity contribution is 9.10. The Hall–Kier alpha value is -1.73. The molecule has 0 atom stereocenters. The van der Waals surface area contributed by atoms with Crippen molar-refractivity contribution in [2.45, 2.75) is 6.54 Å². The van der Waals surface area contributed by atoms with Gasteiger partial charge in [0, 0.05) is 11.5 Å². The summed E-state index contributed by atoms with van der Waals surface area (Å²) in [6, 6.07) is 7.64. The van der Waals surface area contributed by atoms with Crippen LogP contribution in [-0.4, -0.2) is 29.7 Å². The van der Waals surface area contributed by atoms with E-state index in [1.54, 1.807) is 12.4 Å². The molecule has 1 aromatic heterocycles. The number of aromatic nitrogens is 2. The second-order valence-electron chi connectivity index (χ2n) is 3.85. The maximum absolute atomic E-state index is 11.1. The minimum Gasteiger partial charge on any atom is -0.415 e. The molecule has 0 bridgehead atoms. The van der Waals surface area contributed by atoms with Crippen molar-refractivity contribution >= 4 is 21.8 Å². The molecule has 0 aliphatic heterocycles. The van der Waals surface area contributed by atoms with Crippen LogP contribution < -0.4 is 10.6 Å². The molecule has 7 heteroatoms. The third-order valence-electron chi connectivity index (χ3n) is 2.50. The van der Waals surface area contributed by atoms with Gasteiger partial charge in [-0.1, -0.05) is 12.1 Å².